The van der Waals surface area contributed by atoms with Crippen LogP contribution in [-0.4, -0.2) is 64.2 Å². The molecule has 1 N–H and O–H groups in total. The highest BCUT2D eigenvalue weighted by Gasteiger charge is 2.51. The zero-order chi connectivity index (χ0) is 22.0. The van der Waals surface area contributed by atoms with Gasteiger partial charge in [0, 0.05) is 54.1 Å². The summed E-state index contributed by atoms with van der Waals surface area (Å²) < 4.78 is 33.8. The van der Waals surface area contributed by atoms with Crippen molar-refractivity contribution in [2.24, 2.45) is 5.92 Å². The van der Waals surface area contributed by atoms with Crippen molar-refractivity contribution in [3.8, 4) is 17.1 Å². The molecule has 1 saturated carbocycles. The number of carbonyl (C=O) groups is 1. The molecule has 9 heteroatoms. The molecular formula is C23H23F2N5O2. The molecular weight excluding hydrogens is 416 g/mol. The zero-order valence-electron chi connectivity index (χ0n) is 17.6. The third-order valence-electron chi connectivity index (χ3n) is 6.92. The Labute approximate surface area is 183 Å². The minimum atomic E-state index is -0.998. The highest BCUT2D eigenvalue weighted by Crippen LogP contribution is 2.42. The van der Waals surface area contributed by atoms with E-state index in [0.717, 1.165) is 24.1 Å². The number of aromatic amines is 1. The van der Waals surface area contributed by atoms with Crippen LogP contribution in [0.1, 0.15) is 19.3 Å². The van der Waals surface area contributed by atoms with E-state index in [2.05, 4.69) is 15.0 Å². The smallest absolute Gasteiger partial charge is 0.229 e. The largest absolute Gasteiger partial charge is 0.481 e. The molecule has 1 amide bonds. The molecule has 7 nitrogen and oxygen atoms in total. The summed E-state index contributed by atoms with van der Waals surface area (Å²) in [5.74, 6) is -0.441. The summed E-state index contributed by atoms with van der Waals surface area (Å²) in [5, 5.41) is 0.695. The lowest BCUT2D eigenvalue weighted by Gasteiger charge is -2.42. The Morgan fingerprint density at radius 1 is 1.22 bits per heavy atom. The third-order valence-corrected chi connectivity index (χ3v) is 6.92. The Kier molecular flexibility index (Phi) is 4.34. The van der Waals surface area contributed by atoms with Crippen LogP contribution in [0.3, 0.4) is 0 Å². The van der Waals surface area contributed by atoms with Gasteiger partial charge in [0.25, 0.3) is 0 Å². The van der Waals surface area contributed by atoms with Gasteiger partial charge >= 0.3 is 0 Å². The van der Waals surface area contributed by atoms with Gasteiger partial charge in [-0.3, -0.25) is 4.79 Å². The molecule has 1 aliphatic carbocycles. The van der Waals surface area contributed by atoms with E-state index in [1.165, 1.54) is 6.20 Å². The summed E-state index contributed by atoms with van der Waals surface area (Å²) in [5.41, 5.74) is 2.75. The summed E-state index contributed by atoms with van der Waals surface area (Å²) >= 11 is 0. The number of hydrogen-bond acceptors (Lipinski definition) is 5. The van der Waals surface area contributed by atoms with Crippen LogP contribution in [0.2, 0.25) is 0 Å². The molecule has 2 bridgehead atoms. The average Bonchev–Trinajstić information content (AvgIpc) is 3.27. The molecule has 5 heterocycles. The van der Waals surface area contributed by atoms with Crippen LogP contribution in [0.5, 0.6) is 5.88 Å². The monoisotopic (exact) mass is 439 g/mol. The lowest BCUT2D eigenvalue weighted by molar-refractivity contribution is -0.136. The molecule has 4 atom stereocenters. The molecule has 0 spiro atoms. The standard InChI is InChI=1S/C23H23F2N5O2/c1-32-20-6-12(4-5-26-20)19-8-16-21(18(25)9-27-22(16)28-19)29-10-13-2-3-14(11-29)30(13)23(31)15-7-17(15)24/h4-6,8-9,13-15,17H,2-3,7,10-11H2,1H3,(H,27,28)/t13?,14?,15-,17-/m1/s1. The number of pyridine rings is 2. The molecule has 0 radical (unpaired) electrons. The van der Waals surface area contributed by atoms with Crippen LogP contribution in [0.25, 0.3) is 22.3 Å². The van der Waals surface area contributed by atoms with E-state index < -0.39 is 12.1 Å². The molecule has 2 saturated heterocycles. The van der Waals surface area contributed by atoms with E-state index in [1.807, 2.05) is 21.9 Å². The van der Waals surface area contributed by atoms with Gasteiger partial charge in [-0.05, 0) is 31.4 Å². The van der Waals surface area contributed by atoms with Crippen molar-refractivity contribution >= 4 is 22.6 Å². The van der Waals surface area contributed by atoms with E-state index in [4.69, 9.17) is 4.74 Å². The van der Waals surface area contributed by atoms with Crippen molar-refractivity contribution < 1.29 is 18.3 Å². The van der Waals surface area contributed by atoms with Gasteiger partial charge in [0.15, 0.2) is 5.82 Å². The Hall–Kier alpha value is -3.23. The summed E-state index contributed by atoms with van der Waals surface area (Å²) in [6, 6.07) is 5.53. The number of amides is 1. The fourth-order valence-corrected chi connectivity index (χ4v) is 5.26. The van der Waals surface area contributed by atoms with Crippen molar-refractivity contribution in [1.29, 1.82) is 0 Å². The first kappa shape index (κ1) is 19.5. The van der Waals surface area contributed by atoms with E-state index >= 15 is 4.39 Å². The summed E-state index contributed by atoms with van der Waals surface area (Å²) in [6.07, 6.45) is 3.96. The van der Waals surface area contributed by atoms with Gasteiger partial charge in [0.2, 0.25) is 11.8 Å². The number of methoxy groups -OCH3 is 1. The lowest BCUT2D eigenvalue weighted by Crippen LogP contribution is -2.56. The van der Waals surface area contributed by atoms with E-state index in [9.17, 15) is 9.18 Å². The van der Waals surface area contributed by atoms with Crippen LogP contribution in [0.4, 0.5) is 14.5 Å². The van der Waals surface area contributed by atoms with Crippen LogP contribution < -0.4 is 9.64 Å². The van der Waals surface area contributed by atoms with Crippen molar-refractivity contribution in [2.45, 2.75) is 37.5 Å². The molecule has 32 heavy (non-hydrogen) atoms. The topological polar surface area (TPSA) is 74.3 Å². The number of halogens is 2. The van der Waals surface area contributed by atoms with Crippen LogP contribution in [0.15, 0.2) is 30.6 Å². The number of alkyl halides is 1. The zero-order valence-corrected chi connectivity index (χ0v) is 17.6. The van der Waals surface area contributed by atoms with Gasteiger partial charge in [0.05, 0.1) is 24.9 Å². The highest BCUT2D eigenvalue weighted by molar-refractivity contribution is 5.94. The minimum Gasteiger partial charge on any atom is -0.481 e. The summed E-state index contributed by atoms with van der Waals surface area (Å²) in [4.78, 5) is 28.3. The van der Waals surface area contributed by atoms with E-state index in [1.54, 1.807) is 19.4 Å². The average molecular weight is 439 g/mol. The second kappa shape index (κ2) is 7.15. The maximum atomic E-state index is 15.1. The SMILES string of the molecule is COc1cc(-c2cc3c(N4CC5CCC(C4)N5C(=O)[C@@H]4C[C@H]4F)c(F)cnc3[nH]2)ccn1. The quantitative estimate of drug-likeness (QED) is 0.675. The number of rotatable bonds is 4. The fraction of sp³-hybridized carbons (Fsp3) is 0.435. The number of hydrogen-bond donors (Lipinski definition) is 1. The van der Waals surface area contributed by atoms with Crippen molar-refractivity contribution in [3.63, 3.8) is 0 Å². The second-order valence-electron chi connectivity index (χ2n) is 8.88. The number of nitrogens with zero attached hydrogens (tertiary/aromatic N) is 4. The first-order valence-corrected chi connectivity index (χ1v) is 10.9. The number of anilines is 1. The third kappa shape index (κ3) is 3.02. The molecule has 3 aromatic heterocycles. The normalized spacial score (nSPS) is 26.6. The molecule has 0 aromatic carbocycles. The van der Waals surface area contributed by atoms with Gasteiger partial charge < -0.3 is 19.5 Å². The first-order chi connectivity index (χ1) is 15.5. The Morgan fingerprint density at radius 3 is 2.66 bits per heavy atom. The van der Waals surface area contributed by atoms with Crippen LogP contribution >= 0.6 is 0 Å². The molecule has 2 unspecified atom stereocenters. The van der Waals surface area contributed by atoms with Gasteiger partial charge in [0.1, 0.15) is 11.8 Å². The number of H-pyrrole nitrogens is 1. The van der Waals surface area contributed by atoms with Gasteiger partial charge in [-0.1, -0.05) is 0 Å². The first-order valence-electron chi connectivity index (χ1n) is 10.9. The van der Waals surface area contributed by atoms with Crippen LogP contribution in [-0.2, 0) is 4.79 Å². The fourth-order valence-electron chi connectivity index (χ4n) is 5.26. The molecule has 166 valence electrons. The minimum absolute atomic E-state index is 0.0143. The summed E-state index contributed by atoms with van der Waals surface area (Å²) in [6.45, 7) is 1.07. The maximum absolute atomic E-state index is 15.1. The highest BCUT2D eigenvalue weighted by atomic mass is 19.1. The maximum Gasteiger partial charge on any atom is 0.229 e. The van der Waals surface area contributed by atoms with Crippen molar-refractivity contribution in [2.75, 3.05) is 25.1 Å². The van der Waals surface area contributed by atoms with Crippen molar-refractivity contribution in [3.05, 3.63) is 36.4 Å². The predicted octanol–water partition coefficient (Wildman–Crippen LogP) is 3.31. The molecule has 3 aliphatic rings. The Balaban J connectivity index is 1.34. The number of fused-ring (bicyclic) bond motifs is 3. The second-order valence-corrected chi connectivity index (χ2v) is 8.88. The Morgan fingerprint density at radius 2 is 1.97 bits per heavy atom. The molecule has 6 rings (SSSR count). The summed E-state index contributed by atoms with van der Waals surface area (Å²) in [7, 11) is 1.56. The van der Waals surface area contributed by atoms with Gasteiger partial charge in [-0.2, -0.15) is 0 Å². The molecule has 3 aromatic rings. The number of aromatic nitrogens is 3. The van der Waals surface area contributed by atoms with E-state index in [-0.39, 0.29) is 23.8 Å². The van der Waals surface area contributed by atoms with Crippen molar-refractivity contribution in [1.82, 2.24) is 19.9 Å². The van der Waals surface area contributed by atoms with Gasteiger partial charge in [-0.25, -0.2) is 18.7 Å². The predicted molar refractivity (Wildman–Crippen MR) is 115 cm³/mol. The van der Waals surface area contributed by atoms with E-state index in [0.29, 0.717) is 42.1 Å². The number of carbonyl (C=O) groups excluding carboxylic acids is 1. The lowest BCUT2D eigenvalue weighted by atomic mass is 10.1. The molecule has 3 fully saturated rings. The van der Waals surface area contributed by atoms with Crippen LogP contribution in [0, 0.1) is 11.7 Å². The molecule has 2 aliphatic heterocycles. The van der Waals surface area contributed by atoms with Gasteiger partial charge in [-0.15, -0.1) is 0 Å². The number of ether oxygens (including phenoxy) is 1. The number of nitrogens with one attached hydrogen (secondary N) is 1. The Bertz CT molecular complexity index is 1200. The number of piperazine rings is 1.